The third-order valence-electron chi connectivity index (χ3n) is 3.40. The van der Waals surface area contributed by atoms with Gasteiger partial charge in [0.1, 0.15) is 11.6 Å². The topological polar surface area (TPSA) is 20.3 Å². The van der Waals surface area contributed by atoms with Crippen LogP contribution in [0.25, 0.3) is 0 Å². The van der Waals surface area contributed by atoms with E-state index in [2.05, 4.69) is 6.92 Å². The number of rotatable bonds is 6. The molecule has 0 N–H and O–H groups in total. The zero-order valence-corrected chi connectivity index (χ0v) is 12.4. The molecule has 1 fully saturated rings. The fourth-order valence-corrected chi connectivity index (χ4v) is 3.60. The Kier molecular flexibility index (Phi) is 5.40. The van der Waals surface area contributed by atoms with Gasteiger partial charge in [0.15, 0.2) is 0 Å². The number of carbonyl (C=O) groups excluding carboxylic acids is 1. The Morgan fingerprint density at radius 1 is 1.25 bits per heavy atom. The van der Waals surface area contributed by atoms with Gasteiger partial charge in [-0.2, -0.15) is 0 Å². The van der Waals surface area contributed by atoms with Crippen LogP contribution in [0.1, 0.15) is 38.2 Å². The van der Waals surface area contributed by atoms with Crippen molar-refractivity contribution in [1.29, 1.82) is 0 Å². The number of nitrogens with zero attached hydrogens (tertiary/aromatic N) is 1. The number of amides is 1. The van der Waals surface area contributed by atoms with E-state index in [9.17, 15) is 13.6 Å². The summed E-state index contributed by atoms with van der Waals surface area (Å²) in [6.45, 7) is 2.43. The number of hydrogen-bond donors (Lipinski definition) is 0. The molecule has 0 spiro atoms. The van der Waals surface area contributed by atoms with E-state index in [4.69, 9.17) is 0 Å². The summed E-state index contributed by atoms with van der Waals surface area (Å²) < 4.78 is 26.4. The van der Waals surface area contributed by atoms with Crippen molar-refractivity contribution in [2.75, 3.05) is 5.75 Å². The monoisotopic (exact) mass is 299 g/mol. The lowest BCUT2D eigenvalue weighted by molar-refractivity contribution is -0.128. The van der Waals surface area contributed by atoms with Crippen LogP contribution in [0.4, 0.5) is 8.78 Å². The molecule has 1 aromatic rings. The molecule has 2 rings (SSSR count). The van der Waals surface area contributed by atoms with Gasteiger partial charge in [0.25, 0.3) is 0 Å². The molecule has 1 unspecified atom stereocenters. The summed E-state index contributed by atoms with van der Waals surface area (Å²) >= 11 is 1.63. The van der Waals surface area contributed by atoms with Gasteiger partial charge in [-0.3, -0.25) is 4.79 Å². The minimum absolute atomic E-state index is 0.0566. The molecular formula is C15H19F2NOS. The van der Waals surface area contributed by atoms with Crippen molar-refractivity contribution in [3.05, 3.63) is 35.4 Å². The molecule has 0 aliphatic carbocycles. The van der Waals surface area contributed by atoms with Crippen LogP contribution in [0.5, 0.6) is 0 Å². The number of carbonyl (C=O) groups is 1. The van der Waals surface area contributed by atoms with Gasteiger partial charge in [-0.25, -0.2) is 8.78 Å². The Labute approximate surface area is 122 Å². The highest BCUT2D eigenvalue weighted by molar-refractivity contribution is 8.00. The summed E-state index contributed by atoms with van der Waals surface area (Å²) in [6.07, 6.45) is 4.31. The van der Waals surface area contributed by atoms with Crippen molar-refractivity contribution >= 4 is 17.7 Å². The van der Waals surface area contributed by atoms with Gasteiger partial charge in [-0.1, -0.05) is 26.2 Å². The number of benzene rings is 1. The molecule has 1 heterocycles. The maximum Gasteiger partial charge on any atom is 0.233 e. The average Bonchev–Trinajstić information content (AvgIpc) is 2.71. The third kappa shape index (κ3) is 3.95. The fourth-order valence-electron chi connectivity index (χ4n) is 2.40. The molecule has 1 aromatic carbocycles. The smallest absolute Gasteiger partial charge is 0.233 e. The maximum absolute atomic E-state index is 13.2. The first-order valence-electron chi connectivity index (χ1n) is 6.96. The van der Waals surface area contributed by atoms with Gasteiger partial charge in [0.2, 0.25) is 5.91 Å². The Hall–Kier alpha value is -1.10. The molecule has 1 atom stereocenters. The van der Waals surface area contributed by atoms with Crippen molar-refractivity contribution in [3.63, 3.8) is 0 Å². The predicted octanol–water partition coefficient (Wildman–Crippen LogP) is 3.95. The zero-order chi connectivity index (χ0) is 14.5. The zero-order valence-electron chi connectivity index (χ0n) is 11.6. The van der Waals surface area contributed by atoms with Gasteiger partial charge in [-0.15, -0.1) is 11.8 Å². The molecule has 1 saturated heterocycles. The maximum atomic E-state index is 13.2. The standard InChI is InChI=1S/C15H19F2NOS/c1-2-3-4-5-15-18(14(19)10-20-15)9-11-6-12(16)8-13(17)7-11/h6-8,15H,2-5,9-10H2,1H3. The third-order valence-corrected chi connectivity index (χ3v) is 4.69. The number of hydrogen-bond acceptors (Lipinski definition) is 2. The van der Waals surface area contributed by atoms with Crippen LogP contribution in [-0.2, 0) is 11.3 Å². The molecule has 1 aliphatic rings. The fraction of sp³-hybridized carbons (Fsp3) is 0.533. The van der Waals surface area contributed by atoms with Crippen LogP contribution in [0.3, 0.4) is 0 Å². The van der Waals surface area contributed by atoms with Crippen molar-refractivity contribution in [2.45, 2.75) is 44.5 Å². The Balaban J connectivity index is 2.02. The van der Waals surface area contributed by atoms with Gasteiger partial charge >= 0.3 is 0 Å². The van der Waals surface area contributed by atoms with E-state index in [1.807, 2.05) is 0 Å². The van der Waals surface area contributed by atoms with Gasteiger partial charge in [-0.05, 0) is 24.1 Å². The van der Waals surface area contributed by atoms with Crippen molar-refractivity contribution in [1.82, 2.24) is 4.90 Å². The normalized spacial score (nSPS) is 18.9. The van der Waals surface area contributed by atoms with Crippen molar-refractivity contribution in [3.8, 4) is 0 Å². The Morgan fingerprint density at radius 3 is 2.60 bits per heavy atom. The first-order valence-corrected chi connectivity index (χ1v) is 8.01. The molecule has 5 heteroatoms. The molecule has 0 radical (unpaired) electrons. The van der Waals surface area contributed by atoms with E-state index in [0.29, 0.717) is 11.3 Å². The van der Waals surface area contributed by atoms with Gasteiger partial charge in [0, 0.05) is 12.6 Å². The lowest BCUT2D eigenvalue weighted by Gasteiger charge is -2.24. The largest absolute Gasteiger partial charge is 0.326 e. The Morgan fingerprint density at radius 2 is 1.95 bits per heavy atom. The quantitative estimate of drug-likeness (QED) is 0.741. The summed E-state index contributed by atoms with van der Waals surface area (Å²) in [5.41, 5.74) is 0.513. The van der Waals surface area contributed by atoms with Crippen LogP contribution in [0, 0.1) is 11.6 Å². The summed E-state index contributed by atoms with van der Waals surface area (Å²) in [5, 5.41) is 0.139. The summed E-state index contributed by atoms with van der Waals surface area (Å²) in [7, 11) is 0. The van der Waals surface area contributed by atoms with Crippen LogP contribution in [-0.4, -0.2) is 21.9 Å². The molecule has 0 bridgehead atoms. The first kappa shape index (κ1) is 15.3. The molecule has 0 aromatic heterocycles. The highest BCUT2D eigenvalue weighted by Gasteiger charge is 2.31. The highest BCUT2D eigenvalue weighted by Crippen LogP contribution is 2.30. The molecule has 0 saturated carbocycles. The van der Waals surface area contributed by atoms with Crippen LogP contribution >= 0.6 is 11.8 Å². The van der Waals surface area contributed by atoms with Crippen molar-refractivity contribution < 1.29 is 13.6 Å². The molecule has 20 heavy (non-hydrogen) atoms. The minimum atomic E-state index is -0.596. The van der Waals surface area contributed by atoms with E-state index in [1.54, 1.807) is 16.7 Å². The summed E-state index contributed by atoms with van der Waals surface area (Å²) in [5.74, 6) is -0.668. The van der Waals surface area contributed by atoms with E-state index in [-0.39, 0.29) is 17.8 Å². The van der Waals surface area contributed by atoms with Crippen molar-refractivity contribution in [2.24, 2.45) is 0 Å². The summed E-state index contributed by atoms with van der Waals surface area (Å²) in [6, 6.07) is 3.44. The van der Waals surface area contributed by atoms with Gasteiger partial charge in [0.05, 0.1) is 11.1 Å². The SMILES string of the molecule is CCCCCC1SCC(=O)N1Cc1cc(F)cc(F)c1. The van der Waals surface area contributed by atoms with Crippen LogP contribution < -0.4 is 0 Å². The average molecular weight is 299 g/mol. The second-order valence-corrected chi connectivity index (χ2v) is 6.23. The number of halogens is 2. The number of thioether (sulfide) groups is 1. The van der Waals surface area contributed by atoms with E-state index < -0.39 is 11.6 Å². The molecule has 2 nitrogen and oxygen atoms in total. The predicted molar refractivity (Wildman–Crippen MR) is 77.3 cm³/mol. The van der Waals surface area contributed by atoms with E-state index >= 15 is 0 Å². The first-order chi connectivity index (χ1) is 9.60. The molecular weight excluding hydrogens is 280 g/mol. The number of unbranched alkanes of at least 4 members (excludes halogenated alkanes) is 2. The van der Waals surface area contributed by atoms with Gasteiger partial charge < -0.3 is 4.90 Å². The molecule has 1 aliphatic heterocycles. The lowest BCUT2D eigenvalue weighted by Crippen LogP contribution is -2.32. The van der Waals surface area contributed by atoms with E-state index in [1.165, 1.54) is 12.1 Å². The van der Waals surface area contributed by atoms with E-state index in [0.717, 1.165) is 31.7 Å². The molecule has 1 amide bonds. The minimum Gasteiger partial charge on any atom is -0.326 e. The lowest BCUT2D eigenvalue weighted by atomic mass is 10.1. The Bertz CT molecular complexity index is 461. The van der Waals surface area contributed by atoms with Crippen LogP contribution in [0.15, 0.2) is 18.2 Å². The summed E-state index contributed by atoms with van der Waals surface area (Å²) in [4.78, 5) is 13.7. The van der Waals surface area contributed by atoms with Crippen LogP contribution in [0.2, 0.25) is 0 Å². The second kappa shape index (κ2) is 7.07. The molecule has 110 valence electrons. The second-order valence-electron chi connectivity index (χ2n) is 5.06. The highest BCUT2D eigenvalue weighted by atomic mass is 32.2.